The van der Waals surface area contributed by atoms with Crippen LogP contribution in [-0.2, 0) is 4.79 Å². The van der Waals surface area contributed by atoms with E-state index in [-0.39, 0.29) is 12.0 Å². The Hall–Kier alpha value is -2.33. The number of ether oxygens (including phenoxy) is 1. The van der Waals surface area contributed by atoms with Gasteiger partial charge in [-0.1, -0.05) is 42.5 Å². The van der Waals surface area contributed by atoms with Gasteiger partial charge in [0.25, 0.3) is 0 Å². The van der Waals surface area contributed by atoms with Crippen molar-refractivity contribution in [2.45, 2.75) is 25.9 Å². The molecule has 122 valence electrons. The molecule has 4 heteroatoms. The standard InChI is InChI=1S/C19H24N2O2/c1-15(16-9-4-3-5-10-16)23-18-12-7-6-11-17(18)21-19(22)13-8-14-20-2/h3-7,9-12,15,20H,8,13-14H2,1-2H3,(H,21,22). The summed E-state index contributed by atoms with van der Waals surface area (Å²) in [6.45, 7) is 2.83. The Kier molecular flexibility index (Phi) is 6.63. The molecule has 0 aliphatic rings. The second-order valence-corrected chi connectivity index (χ2v) is 5.42. The molecular formula is C19H24N2O2. The molecule has 2 aromatic rings. The number of carbonyl (C=O) groups excluding carboxylic acids is 1. The van der Waals surface area contributed by atoms with Crippen molar-refractivity contribution in [3.05, 3.63) is 60.2 Å². The third-order valence-electron chi connectivity index (χ3n) is 3.56. The molecule has 0 saturated carbocycles. The molecule has 1 amide bonds. The number of nitrogens with one attached hydrogen (secondary N) is 2. The fourth-order valence-electron chi connectivity index (χ4n) is 2.29. The van der Waals surface area contributed by atoms with Gasteiger partial charge in [0.15, 0.2) is 0 Å². The van der Waals surface area contributed by atoms with E-state index in [1.165, 1.54) is 0 Å². The quantitative estimate of drug-likeness (QED) is 0.730. The van der Waals surface area contributed by atoms with Gasteiger partial charge in [-0.3, -0.25) is 4.79 Å². The second-order valence-electron chi connectivity index (χ2n) is 5.42. The van der Waals surface area contributed by atoms with Crippen molar-refractivity contribution in [2.75, 3.05) is 18.9 Å². The van der Waals surface area contributed by atoms with Gasteiger partial charge in [-0.25, -0.2) is 0 Å². The third-order valence-corrected chi connectivity index (χ3v) is 3.56. The SMILES string of the molecule is CNCCCC(=O)Nc1ccccc1OC(C)c1ccccc1. The fourth-order valence-corrected chi connectivity index (χ4v) is 2.29. The molecule has 2 rings (SSSR count). The number of rotatable bonds is 8. The zero-order valence-corrected chi connectivity index (χ0v) is 13.7. The molecular weight excluding hydrogens is 288 g/mol. The molecule has 0 aliphatic heterocycles. The van der Waals surface area contributed by atoms with Gasteiger partial charge >= 0.3 is 0 Å². The molecule has 1 unspecified atom stereocenters. The van der Waals surface area contributed by atoms with Crippen LogP contribution in [-0.4, -0.2) is 19.5 Å². The minimum Gasteiger partial charge on any atom is -0.484 e. The topological polar surface area (TPSA) is 50.4 Å². The van der Waals surface area contributed by atoms with Crippen LogP contribution in [0.5, 0.6) is 5.75 Å². The number of amides is 1. The molecule has 0 saturated heterocycles. The summed E-state index contributed by atoms with van der Waals surface area (Å²) in [6, 6.07) is 17.6. The van der Waals surface area contributed by atoms with Crippen LogP contribution in [0.3, 0.4) is 0 Å². The van der Waals surface area contributed by atoms with E-state index < -0.39 is 0 Å². The molecule has 0 bridgehead atoms. The van der Waals surface area contributed by atoms with Crippen LogP contribution < -0.4 is 15.4 Å². The van der Waals surface area contributed by atoms with E-state index >= 15 is 0 Å². The lowest BCUT2D eigenvalue weighted by Gasteiger charge is -2.18. The molecule has 4 nitrogen and oxygen atoms in total. The zero-order chi connectivity index (χ0) is 16.5. The lowest BCUT2D eigenvalue weighted by molar-refractivity contribution is -0.116. The van der Waals surface area contributed by atoms with Gasteiger partial charge in [0.1, 0.15) is 11.9 Å². The highest BCUT2D eigenvalue weighted by Gasteiger charge is 2.11. The average molecular weight is 312 g/mol. The fraction of sp³-hybridized carbons (Fsp3) is 0.316. The van der Waals surface area contributed by atoms with Crippen molar-refractivity contribution >= 4 is 11.6 Å². The van der Waals surface area contributed by atoms with E-state index in [1.54, 1.807) is 0 Å². The number of para-hydroxylation sites is 2. The summed E-state index contributed by atoms with van der Waals surface area (Å²) in [5.41, 5.74) is 1.81. The Labute approximate surface area is 137 Å². The maximum absolute atomic E-state index is 12.0. The molecule has 2 aromatic carbocycles. The summed E-state index contributed by atoms with van der Waals surface area (Å²) in [4.78, 5) is 12.0. The first-order valence-corrected chi connectivity index (χ1v) is 7.96. The van der Waals surface area contributed by atoms with Crippen LogP contribution in [0, 0.1) is 0 Å². The normalized spacial score (nSPS) is 11.7. The van der Waals surface area contributed by atoms with Gasteiger partial charge in [-0.05, 0) is 44.6 Å². The van der Waals surface area contributed by atoms with Gasteiger partial charge in [0.2, 0.25) is 5.91 Å². The van der Waals surface area contributed by atoms with Gasteiger partial charge in [0, 0.05) is 6.42 Å². The first-order chi connectivity index (χ1) is 11.2. The number of anilines is 1. The summed E-state index contributed by atoms with van der Waals surface area (Å²) < 4.78 is 6.03. The van der Waals surface area contributed by atoms with Gasteiger partial charge in [-0.2, -0.15) is 0 Å². The van der Waals surface area contributed by atoms with Gasteiger partial charge in [0.05, 0.1) is 5.69 Å². The second kappa shape index (κ2) is 8.96. The molecule has 0 fully saturated rings. The highest BCUT2D eigenvalue weighted by atomic mass is 16.5. The van der Waals surface area contributed by atoms with E-state index in [1.807, 2.05) is 68.6 Å². The average Bonchev–Trinajstić information content (AvgIpc) is 2.57. The highest BCUT2D eigenvalue weighted by molar-refractivity contribution is 5.92. The number of hydrogen-bond acceptors (Lipinski definition) is 3. The third kappa shape index (κ3) is 5.42. The maximum Gasteiger partial charge on any atom is 0.224 e. The Balaban J connectivity index is 2.01. The van der Waals surface area contributed by atoms with Crippen molar-refractivity contribution < 1.29 is 9.53 Å². The smallest absolute Gasteiger partial charge is 0.224 e. The molecule has 0 aromatic heterocycles. The highest BCUT2D eigenvalue weighted by Crippen LogP contribution is 2.29. The Morgan fingerprint density at radius 1 is 1.09 bits per heavy atom. The predicted octanol–water partition coefficient (Wildman–Crippen LogP) is 3.76. The van der Waals surface area contributed by atoms with Crippen LogP contribution in [0.1, 0.15) is 31.4 Å². The summed E-state index contributed by atoms with van der Waals surface area (Å²) >= 11 is 0. The molecule has 0 spiro atoms. The first kappa shape index (κ1) is 17.0. The van der Waals surface area contributed by atoms with Crippen LogP contribution in [0.4, 0.5) is 5.69 Å². The minimum absolute atomic E-state index is 0.00339. The number of hydrogen-bond donors (Lipinski definition) is 2. The lowest BCUT2D eigenvalue weighted by Crippen LogP contribution is -2.16. The van der Waals surface area contributed by atoms with Crippen molar-refractivity contribution in [1.82, 2.24) is 5.32 Å². The Bertz CT molecular complexity index is 614. The van der Waals surface area contributed by atoms with Crippen molar-refractivity contribution in [3.8, 4) is 5.75 Å². The van der Waals surface area contributed by atoms with Crippen LogP contribution in [0.25, 0.3) is 0 Å². The lowest BCUT2D eigenvalue weighted by atomic mass is 10.1. The van der Waals surface area contributed by atoms with Crippen LogP contribution in [0.2, 0.25) is 0 Å². The Morgan fingerprint density at radius 3 is 2.52 bits per heavy atom. The van der Waals surface area contributed by atoms with Crippen molar-refractivity contribution in [3.63, 3.8) is 0 Å². The Morgan fingerprint density at radius 2 is 1.78 bits per heavy atom. The summed E-state index contributed by atoms with van der Waals surface area (Å²) in [6.07, 6.45) is 1.22. The summed E-state index contributed by atoms with van der Waals surface area (Å²) in [5, 5.41) is 5.97. The monoisotopic (exact) mass is 312 g/mol. The molecule has 23 heavy (non-hydrogen) atoms. The van der Waals surface area contributed by atoms with Gasteiger partial charge in [-0.15, -0.1) is 0 Å². The van der Waals surface area contributed by atoms with Gasteiger partial charge < -0.3 is 15.4 Å². The molecule has 0 heterocycles. The van der Waals surface area contributed by atoms with E-state index in [2.05, 4.69) is 10.6 Å². The van der Waals surface area contributed by atoms with E-state index in [9.17, 15) is 4.79 Å². The zero-order valence-electron chi connectivity index (χ0n) is 13.7. The molecule has 1 atom stereocenters. The van der Waals surface area contributed by atoms with Crippen molar-refractivity contribution in [1.29, 1.82) is 0 Å². The predicted molar refractivity (Wildman–Crippen MR) is 93.7 cm³/mol. The van der Waals surface area contributed by atoms with E-state index in [0.29, 0.717) is 17.9 Å². The van der Waals surface area contributed by atoms with E-state index in [4.69, 9.17) is 4.74 Å². The first-order valence-electron chi connectivity index (χ1n) is 7.96. The van der Waals surface area contributed by atoms with E-state index in [0.717, 1.165) is 18.5 Å². The largest absolute Gasteiger partial charge is 0.484 e. The van der Waals surface area contributed by atoms with Crippen molar-refractivity contribution in [2.24, 2.45) is 0 Å². The minimum atomic E-state index is -0.0847. The number of carbonyl (C=O) groups is 1. The molecule has 2 N–H and O–H groups in total. The number of benzene rings is 2. The van der Waals surface area contributed by atoms with Crippen LogP contribution in [0.15, 0.2) is 54.6 Å². The van der Waals surface area contributed by atoms with Crippen LogP contribution >= 0.6 is 0 Å². The summed E-state index contributed by atoms with van der Waals surface area (Å²) in [5.74, 6) is 0.689. The molecule has 0 aliphatic carbocycles. The maximum atomic E-state index is 12.0. The summed E-state index contributed by atoms with van der Waals surface area (Å²) in [7, 11) is 1.88. The molecule has 0 radical (unpaired) electrons.